The zero-order valence-corrected chi connectivity index (χ0v) is 11.6. The van der Waals surface area contributed by atoms with E-state index in [0.717, 1.165) is 18.8 Å². The molecule has 0 aliphatic carbocycles. The third-order valence-electron chi connectivity index (χ3n) is 3.04. The standard InChI is InChI=1S/C14H19N3S/c1-14(2,11-3-5-12(15)6-4-11)9-16-7-13-8-17-10-18-13/h3-6,8,10,16H,7,9,15H2,1-2H3. The molecule has 4 heteroatoms. The lowest BCUT2D eigenvalue weighted by Gasteiger charge is -2.25. The molecule has 96 valence electrons. The van der Waals surface area contributed by atoms with Crippen LogP contribution in [-0.2, 0) is 12.0 Å². The number of nitrogens with zero attached hydrogens (tertiary/aromatic N) is 1. The van der Waals surface area contributed by atoms with Crippen LogP contribution >= 0.6 is 11.3 Å². The Hall–Kier alpha value is -1.39. The Kier molecular flexibility index (Phi) is 3.99. The fourth-order valence-electron chi connectivity index (χ4n) is 1.86. The lowest BCUT2D eigenvalue weighted by Crippen LogP contribution is -2.32. The Morgan fingerprint density at radius 3 is 2.61 bits per heavy atom. The van der Waals surface area contributed by atoms with Gasteiger partial charge in [0, 0.05) is 35.3 Å². The molecule has 1 aromatic carbocycles. The van der Waals surface area contributed by atoms with Gasteiger partial charge >= 0.3 is 0 Å². The topological polar surface area (TPSA) is 50.9 Å². The second kappa shape index (κ2) is 5.50. The molecule has 2 rings (SSSR count). The predicted octanol–water partition coefficient (Wildman–Crippen LogP) is 2.79. The van der Waals surface area contributed by atoms with Crippen LogP contribution in [0.2, 0.25) is 0 Å². The van der Waals surface area contributed by atoms with Crippen LogP contribution in [0.3, 0.4) is 0 Å². The zero-order chi connectivity index (χ0) is 13.0. The molecule has 3 N–H and O–H groups in total. The molecular formula is C14H19N3S. The molecule has 1 aromatic heterocycles. The highest BCUT2D eigenvalue weighted by Gasteiger charge is 2.19. The molecule has 0 bridgehead atoms. The van der Waals surface area contributed by atoms with Crippen LogP contribution in [-0.4, -0.2) is 11.5 Å². The number of aromatic nitrogens is 1. The van der Waals surface area contributed by atoms with E-state index in [9.17, 15) is 0 Å². The third kappa shape index (κ3) is 3.31. The van der Waals surface area contributed by atoms with Crippen molar-refractivity contribution >= 4 is 17.0 Å². The van der Waals surface area contributed by atoms with Gasteiger partial charge in [-0.25, -0.2) is 0 Å². The highest BCUT2D eigenvalue weighted by molar-refractivity contribution is 7.09. The Balaban J connectivity index is 1.92. The minimum atomic E-state index is 0.0956. The van der Waals surface area contributed by atoms with Crippen molar-refractivity contribution in [3.8, 4) is 0 Å². The molecule has 2 aromatic rings. The number of benzene rings is 1. The maximum Gasteiger partial charge on any atom is 0.0794 e. The minimum Gasteiger partial charge on any atom is -0.399 e. The van der Waals surface area contributed by atoms with Crippen LogP contribution in [0.15, 0.2) is 36.0 Å². The van der Waals surface area contributed by atoms with Gasteiger partial charge in [-0.2, -0.15) is 0 Å². The molecule has 18 heavy (non-hydrogen) atoms. The molecule has 3 nitrogen and oxygen atoms in total. The van der Waals surface area contributed by atoms with E-state index in [2.05, 4.69) is 36.3 Å². The molecule has 0 radical (unpaired) electrons. The highest BCUT2D eigenvalue weighted by Crippen LogP contribution is 2.23. The Labute approximate surface area is 112 Å². The van der Waals surface area contributed by atoms with E-state index in [0.29, 0.717) is 0 Å². The van der Waals surface area contributed by atoms with Crippen molar-refractivity contribution < 1.29 is 0 Å². The summed E-state index contributed by atoms with van der Waals surface area (Å²) in [6.45, 7) is 6.27. The van der Waals surface area contributed by atoms with E-state index in [-0.39, 0.29) is 5.41 Å². The summed E-state index contributed by atoms with van der Waals surface area (Å²) in [5, 5.41) is 3.48. The van der Waals surface area contributed by atoms with E-state index in [1.54, 1.807) is 11.3 Å². The lowest BCUT2D eigenvalue weighted by molar-refractivity contribution is 0.470. The van der Waals surface area contributed by atoms with Crippen LogP contribution in [0, 0.1) is 0 Å². The molecule has 1 heterocycles. The first-order valence-corrected chi connectivity index (χ1v) is 6.90. The van der Waals surface area contributed by atoms with E-state index >= 15 is 0 Å². The molecule has 0 fully saturated rings. The van der Waals surface area contributed by atoms with Crippen molar-refractivity contribution in [3.63, 3.8) is 0 Å². The fraction of sp³-hybridized carbons (Fsp3) is 0.357. The van der Waals surface area contributed by atoms with Gasteiger partial charge in [-0.15, -0.1) is 11.3 Å². The van der Waals surface area contributed by atoms with E-state index < -0.39 is 0 Å². The summed E-state index contributed by atoms with van der Waals surface area (Å²) in [5.41, 5.74) is 9.78. The first-order valence-electron chi connectivity index (χ1n) is 6.02. The second-order valence-corrected chi connectivity index (χ2v) is 6.05. The lowest BCUT2D eigenvalue weighted by atomic mass is 9.84. The first-order chi connectivity index (χ1) is 8.58. The van der Waals surface area contributed by atoms with Gasteiger partial charge in [0.1, 0.15) is 0 Å². The molecule has 0 aliphatic heterocycles. The van der Waals surface area contributed by atoms with E-state index in [1.807, 2.05) is 23.8 Å². The molecule has 0 unspecified atom stereocenters. The van der Waals surface area contributed by atoms with Crippen molar-refractivity contribution in [1.29, 1.82) is 0 Å². The van der Waals surface area contributed by atoms with Gasteiger partial charge in [0.05, 0.1) is 5.51 Å². The largest absolute Gasteiger partial charge is 0.399 e. The summed E-state index contributed by atoms with van der Waals surface area (Å²) >= 11 is 1.68. The number of nitrogens with two attached hydrogens (primary N) is 1. The van der Waals surface area contributed by atoms with Crippen LogP contribution in [0.4, 0.5) is 5.69 Å². The minimum absolute atomic E-state index is 0.0956. The molecule has 0 saturated heterocycles. The zero-order valence-electron chi connectivity index (χ0n) is 10.8. The Morgan fingerprint density at radius 2 is 2.00 bits per heavy atom. The number of nitrogen functional groups attached to an aromatic ring is 1. The molecule has 0 spiro atoms. The predicted molar refractivity (Wildman–Crippen MR) is 77.7 cm³/mol. The maximum atomic E-state index is 5.71. The van der Waals surface area contributed by atoms with Gasteiger partial charge in [0.25, 0.3) is 0 Å². The van der Waals surface area contributed by atoms with Gasteiger partial charge in [0.15, 0.2) is 0 Å². The second-order valence-electron chi connectivity index (χ2n) is 5.08. The van der Waals surface area contributed by atoms with Crippen LogP contribution < -0.4 is 11.1 Å². The van der Waals surface area contributed by atoms with Gasteiger partial charge in [-0.05, 0) is 17.7 Å². The average molecular weight is 261 g/mol. The van der Waals surface area contributed by atoms with Crippen molar-refractivity contribution in [2.75, 3.05) is 12.3 Å². The molecule has 0 saturated carbocycles. The molecular weight excluding hydrogens is 242 g/mol. The van der Waals surface area contributed by atoms with Gasteiger partial charge < -0.3 is 11.1 Å². The Morgan fingerprint density at radius 1 is 1.28 bits per heavy atom. The highest BCUT2D eigenvalue weighted by atomic mass is 32.1. The van der Waals surface area contributed by atoms with E-state index in [4.69, 9.17) is 5.73 Å². The molecule has 0 amide bonds. The number of hydrogen-bond acceptors (Lipinski definition) is 4. The van der Waals surface area contributed by atoms with Crippen LogP contribution in [0.25, 0.3) is 0 Å². The maximum absolute atomic E-state index is 5.71. The van der Waals surface area contributed by atoms with E-state index in [1.165, 1.54) is 10.4 Å². The number of thiazole rings is 1. The van der Waals surface area contributed by atoms with Gasteiger partial charge in [-0.1, -0.05) is 26.0 Å². The summed E-state index contributed by atoms with van der Waals surface area (Å²) in [6.07, 6.45) is 1.91. The van der Waals surface area contributed by atoms with Crippen molar-refractivity contribution in [3.05, 3.63) is 46.4 Å². The number of nitrogens with one attached hydrogen (secondary N) is 1. The van der Waals surface area contributed by atoms with Crippen molar-refractivity contribution in [1.82, 2.24) is 10.3 Å². The first kappa shape index (κ1) is 13.1. The number of hydrogen-bond donors (Lipinski definition) is 2. The third-order valence-corrected chi connectivity index (χ3v) is 3.82. The molecule has 0 aliphatic rings. The normalized spacial score (nSPS) is 11.7. The summed E-state index contributed by atoms with van der Waals surface area (Å²) in [7, 11) is 0. The monoisotopic (exact) mass is 261 g/mol. The van der Waals surface area contributed by atoms with Crippen LogP contribution in [0.1, 0.15) is 24.3 Å². The average Bonchev–Trinajstić information content (AvgIpc) is 2.82. The summed E-state index contributed by atoms with van der Waals surface area (Å²) in [4.78, 5) is 5.34. The smallest absolute Gasteiger partial charge is 0.0794 e. The van der Waals surface area contributed by atoms with Crippen LogP contribution in [0.5, 0.6) is 0 Å². The SMILES string of the molecule is CC(C)(CNCc1cncs1)c1ccc(N)cc1. The summed E-state index contributed by atoms with van der Waals surface area (Å²) in [6, 6.07) is 8.12. The van der Waals surface area contributed by atoms with Crippen molar-refractivity contribution in [2.45, 2.75) is 25.8 Å². The summed E-state index contributed by atoms with van der Waals surface area (Å²) < 4.78 is 0. The number of anilines is 1. The summed E-state index contributed by atoms with van der Waals surface area (Å²) in [5.74, 6) is 0. The quantitative estimate of drug-likeness (QED) is 0.814. The van der Waals surface area contributed by atoms with Gasteiger partial charge in [0.2, 0.25) is 0 Å². The number of rotatable bonds is 5. The Bertz CT molecular complexity index is 474. The van der Waals surface area contributed by atoms with Gasteiger partial charge in [-0.3, -0.25) is 4.98 Å². The van der Waals surface area contributed by atoms with Crippen molar-refractivity contribution in [2.24, 2.45) is 0 Å². The fourth-order valence-corrected chi connectivity index (χ4v) is 2.43. The molecule has 0 atom stereocenters.